The van der Waals surface area contributed by atoms with Gasteiger partial charge in [-0.15, -0.1) is 0 Å². The van der Waals surface area contributed by atoms with E-state index in [9.17, 15) is 19.7 Å². The Bertz CT molecular complexity index is 1380. The number of non-ortho nitro benzene ring substituents is 1. The summed E-state index contributed by atoms with van der Waals surface area (Å²) in [4.78, 5) is 37.3. The Morgan fingerprint density at radius 1 is 1.05 bits per heavy atom. The maximum atomic E-state index is 13.0. The molecule has 190 valence electrons. The Labute approximate surface area is 235 Å². The predicted molar refractivity (Wildman–Crippen MR) is 151 cm³/mol. The number of halogens is 2. The molecule has 0 atom stereocenters. The minimum Gasteiger partial charge on any atom is -0.490 e. The van der Waals surface area contributed by atoms with Gasteiger partial charge in [-0.2, -0.15) is 0 Å². The number of benzene rings is 3. The molecule has 8 nitrogen and oxygen atoms in total. The van der Waals surface area contributed by atoms with Crippen LogP contribution in [-0.2, 0) is 17.9 Å². The third kappa shape index (κ3) is 6.62. The first-order valence-corrected chi connectivity index (χ1v) is 13.3. The van der Waals surface area contributed by atoms with Crippen LogP contribution in [0.2, 0.25) is 5.02 Å². The van der Waals surface area contributed by atoms with Crippen molar-refractivity contribution in [1.29, 1.82) is 0 Å². The molecule has 0 aliphatic carbocycles. The number of nitro benzene ring substituents is 1. The van der Waals surface area contributed by atoms with Crippen molar-refractivity contribution in [3.8, 4) is 11.5 Å². The van der Waals surface area contributed by atoms with E-state index in [0.29, 0.717) is 40.9 Å². The molecule has 37 heavy (non-hydrogen) atoms. The van der Waals surface area contributed by atoms with Crippen LogP contribution in [0.15, 0.2) is 65.6 Å². The lowest BCUT2D eigenvalue weighted by Gasteiger charge is -2.15. The Morgan fingerprint density at radius 3 is 2.38 bits per heavy atom. The second-order valence-electron chi connectivity index (χ2n) is 7.87. The van der Waals surface area contributed by atoms with Gasteiger partial charge in [0.15, 0.2) is 11.5 Å². The molecular formula is C26H20ClIN2O6S. The van der Waals surface area contributed by atoms with E-state index in [1.807, 2.05) is 25.1 Å². The first-order valence-electron chi connectivity index (χ1n) is 11.1. The molecule has 2 amide bonds. The molecule has 0 unspecified atom stereocenters. The maximum Gasteiger partial charge on any atom is 0.293 e. The van der Waals surface area contributed by atoms with Crippen LogP contribution in [0.25, 0.3) is 6.08 Å². The number of nitro groups is 1. The summed E-state index contributed by atoms with van der Waals surface area (Å²) in [6.07, 6.45) is 1.65. The SMILES string of the molecule is CCOc1cc(/C=C2/SC(=O)N(Cc3ccc([N+](=O)[O-])cc3)C2=O)cc(I)c1OCc1ccc(Cl)cc1. The molecule has 0 aromatic heterocycles. The van der Waals surface area contributed by atoms with Gasteiger partial charge in [-0.1, -0.05) is 35.9 Å². The average molecular weight is 651 g/mol. The molecule has 0 radical (unpaired) electrons. The van der Waals surface area contributed by atoms with Crippen molar-refractivity contribution < 1.29 is 24.0 Å². The van der Waals surface area contributed by atoms with Crippen LogP contribution >= 0.6 is 46.0 Å². The monoisotopic (exact) mass is 650 g/mol. The lowest BCUT2D eigenvalue weighted by molar-refractivity contribution is -0.384. The van der Waals surface area contributed by atoms with Gasteiger partial charge in [-0.05, 0) is 88.3 Å². The van der Waals surface area contributed by atoms with Gasteiger partial charge < -0.3 is 9.47 Å². The molecule has 1 aliphatic rings. The fourth-order valence-corrected chi connectivity index (χ4v) is 5.25. The zero-order valence-electron chi connectivity index (χ0n) is 19.5. The number of imide groups is 1. The topological polar surface area (TPSA) is 99.0 Å². The standard InChI is InChI=1S/C26H20ClIN2O6S/c1-2-35-22-12-18(11-21(28)24(22)36-15-17-3-7-19(27)8-4-17)13-23-25(31)29(26(32)37-23)14-16-5-9-20(10-6-16)30(33)34/h3-13H,2,14-15H2,1H3/b23-13+. The third-order valence-corrected chi connectivity index (χ3v) is 7.25. The zero-order valence-corrected chi connectivity index (χ0v) is 23.2. The normalized spacial score (nSPS) is 14.4. The summed E-state index contributed by atoms with van der Waals surface area (Å²) in [5.74, 6) is 0.685. The van der Waals surface area contributed by atoms with Gasteiger partial charge in [0.2, 0.25) is 0 Å². The Balaban J connectivity index is 1.52. The fourth-order valence-electron chi connectivity index (χ4n) is 3.50. The van der Waals surface area contributed by atoms with Crippen molar-refractivity contribution in [2.75, 3.05) is 6.61 Å². The number of ether oxygens (including phenoxy) is 2. The maximum absolute atomic E-state index is 13.0. The summed E-state index contributed by atoms with van der Waals surface area (Å²) in [5, 5.41) is 11.1. The molecule has 0 saturated carbocycles. The molecule has 1 saturated heterocycles. The molecule has 0 bridgehead atoms. The number of hydrogen-bond acceptors (Lipinski definition) is 7. The number of rotatable bonds is 9. The summed E-state index contributed by atoms with van der Waals surface area (Å²) >= 11 is 8.95. The van der Waals surface area contributed by atoms with Crippen molar-refractivity contribution in [1.82, 2.24) is 4.90 Å². The van der Waals surface area contributed by atoms with E-state index in [0.717, 1.165) is 25.8 Å². The van der Waals surface area contributed by atoms with Crippen molar-refractivity contribution in [3.05, 3.63) is 101 Å². The van der Waals surface area contributed by atoms with Crippen molar-refractivity contribution in [2.45, 2.75) is 20.1 Å². The van der Waals surface area contributed by atoms with Gasteiger partial charge in [-0.3, -0.25) is 24.6 Å². The van der Waals surface area contributed by atoms with E-state index in [4.69, 9.17) is 21.1 Å². The van der Waals surface area contributed by atoms with E-state index in [1.165, 1.54) is 24.3 Å². The molecule has 1 heterocycles. The van der Waals surface area contributed by atoms with Crippen LogP contribution in [-0.4, -0.2) is 27.6 Å². The van der Waals surface area contributed by atoms with Crippen LogP contribution < -0.4 is 9.47 Å². The molecule has 0 N–H and O–H groups in total. The quantitative estimate of drug-likeness (QED) is 0.106. The molecule has 1 aliphatic heterocycles. The van der Waals surface area contributed by atoms with E-state index in [2.05, 4.69) is 22.6 Å². The molecule has 3 aromatic carbocycles. The molecular weight excluding hydrogens is 631 g/mol. The lowest BCUT2D eigenvalue weighted by atomic mass is 10.1. The molecule has 4 rings (SSSR count). The summed E-state index contributed by atoms with van der Waals surface area (Å²) in [6.45, 7) is 2.64. The minimum atomic E-state index is -0.501. The number of carbonyl (C=O) groups excluding carboxylic acids is 2. The first kappa shape index (κ1) is 27.0. The van der Waals surface area contributed by atoms with Gasteiger partial charge in [0.1, 0.15) is 6.61 Å². The van der Waals surface area contributed by atoms with E-state index < -0.39 is 16.1 Å². The highest BCUT2D eigenvalue weighted by Gasteiger charge is 2.35. The second-order valence-corrected chi connectivity index (χ2v) is 10.5. The van der Waals surface area contributed by atoms with E-state index >= 15 is 0 Å². The highest BCUT2D eigenvalue weighted by Crippen LogP contribution is 2.38. The zero-order chi connectivity index (χ0) is 26.5. The number of thioether (sulfide) groups is 1. The lowest BCUT2D eigenvalue weighted by Crippen LogP contribution is -2.27. The summed E-state index contributed by atoms with van der Waals surface area (Å²) in [6, 6.07) is 16.7. The van der Waals surface area contributed by atoms with Crippen molar-refractivity contribution in [2.24, 2.45) is 0 Å². The molecule has 11 heteroatoms. The van der Waals surface area contributed by atoms with Crippen LogP contribution in [0.5, 0.6) is 11.5 Å². The smallest absolute Gasteiger partial charge is 0.293 e. The van der Waals surface area contributed by atoms with E-state index in [-0.39, 0.29) is 17.1 Å². The summed E-state index contributed by atoms with van der Waals surface area (Å²) in [5.41, 5.74) is 2.20. The van der Waals surface area contributed by atoms with Crippen LogP contribution in [0.3, 0.4) is 0 Å². The number of amides is 2. The van der Waals surface area contributed by atoms with Crippen molar-refractivity contribution >= 4 is 68.9 Å². The molecule has 0 spiro atoms. The highest BCUT2D eigenvalue weighted by atomic mass is 127. The van der Waals surface area contributed by atoms with E-state index in [1.54, 1.807) is 24.3 Å². The largest absolute Gasteiger partial charge is 0.490 e. The van der Waals surface area contributed by atoms with Gasteiger partial charge in [0, 0.05) is 17.2 Å². The van der Waals surface area contributed by atoms with Crippen LogP contribution in [0.4, 0.5) is 10.5 Å². The highest BCUT2D eigenvalue weighted by molar-refractivity contribution is 14.1. The van der Waals surface area contributed by atoms with Gasteiger partial charge in [-0.25, -0.2) is 0 Å². The molecule has 1 fully saturated rings. The van der Waals surface area contributed by atoms with Gasteiger partial charge in [0.25, 0.3) is 16.8 Å². The Hall–Kier alpha value is -3.09. The third-order valence-electron chi connectivity index (χ3n) is 5.29. The Morgan fingerprint density at radius 2 is 1.73 bits per heavy atom. The predicted octanol–water partition coefficient (Wildman–Crippen LogP) is 7.07. The van der Waals surface area contributed by atoms with Crippen LogP contribution in [0, 0.1) is 13.7 Å². The minimum absolute atomic E-state index is 0.0270. The summed E-state index contributed by atoms with van der Waals surface area (Å²) < 4.78 is 12.6. The average Bonchev–Trinajstić information content (AvgIpc) is 3.12. The van der Waals surface area contributed by atoms with Crippen LogP contribution in [0.1, 0.15) is 23.6 Å². The number of carbonyl (C=O) groups is 2. The Kier molecular flexibility index (Phi) is 8.72. The number of hydrogen-bond donors (Lipinski definition) is 0. The van der Waals surface area contributed by atoms with Crippen molar-refractivity contribution in [3.63, 3.8) is 0 Å². The van der Waals surface area contributed by atoms with Gasteiger partial charge >= 0.3 is 0 Å². The summed E-state index contributed by atoms with van der Waals surface area (Å²) in [7, 11) is 0. The number of nitrogens with zero attached hydrogens (tertiary/aromatic N) is 2. The fraction of sp³-hybridized carbons (Fsp3) is 0.154. The van der Waals surface area contributed by atoms with Gasteiger partial charge in [0.05, 0.1) is 26.6 Å². The molecule has 3 aromatic rings. The first-order chi connectivity index (χ1) is 17.7. The second kappa shape index (κ2) is 12.0.